The van der Waals surface area contributed by atoms with Crippen LogP contribution in [0.2, 0.25) is 5.02 Å². The van der Waals surface area contributed by atoms with Crippen molar-refractivity contribution in [3.05, 3.63) is 34.1 Å². The molecule has 9 heteroatoms. The van der Waals surface area contributed by atoms with E-state index in [0.717, 1.165) is 0 Å². The molecule has 0 atom stereocenters. The molecule has 0 fully saturated rings. The molecule has 0 unspecified atom stereocenters. The number of nitriles is 1. The van der Waals surface area contributed by atoms with Gasteiger partial charge in [0.15, 0.2) is 5.82 Å². The van der Waals surface area contributed by atoms with Gasteiger partial charge in [-0.15, -0.1) is 0 Å². The molecule has 2 rings (SSSR count). The molecule has 0 aliphatic heterocycles. The van der Waals surface area contributed by atoms with Gasteiger partial charge in [0.25, 0.3) is 0 Å². The Bertz CT molecular complexity index is 757. The smallest absolute Gasteiger partial charge is 0.222 e. The standard InChI is InChI=1S/C11H5ClF3N5/c12-7-5(14)1-4(13)6(8(7)15)9-3(2-16)10(17)20-11(18)19-9/h1H,(H4,17,18,19,20). The van der Waals surface area contributed by atoms with Crippen LogP contribution >= 0.6 is 11.6 Å². The summed E-state index contributed by atoms with van der Waals surface area (Å²) in [5.74, 6) is -4.72. The van der Waals surface area contributed by atoms with E-state index in [0.29, 0.717) is 6.07 Å². The summed E-state index contributed by atoms with van der Waals surface area (Å²) in [5, 5.41) is 8.02. The van der Waals surface area contributed by atoms with Crippen LogP contribution in [0.25, 0.3) is 11.3 Å². The summed E-state index contributed by atoms with van der Waals surface area (Å²) in [7, 11) is 0. The molecule has 102 valence electrons. The Labute approximate surface area is 115 Å². The second-order valence-corrected chi connectivity index (χ2v) is 4.02. The summed E-state index contributed by atoms with van der Waals surface area (Å²) >= 11 is 5.37. The summed E-state index contributed by atoms with van der Waals surface area (Å²) in [6.07, 6.45) is 0. The van der Waals surface area contributed by atoms with Crippen LogP contribution in [0.5, 0.6) is 0 Å². The summed E-state index contributed by atoms with van der Waals surface area (Å²) in [5.41, 5.74) is 9.08. The lowest BCUT2D eigenvalue weighted by Crippen LogP contribution is -2.07. The van der Waals surface area contributed by atoms with E-state index >= 15 is 0 Å². The summed E-state index contributed by atoms with van der Waals surface area (Å²) in [6.45, 7) is 0. The van der Waals surface area contributed by atoms with Crippen LogP contribution in [-0.4, -0.2) is 9.97 Å². The minimum Gasteiger partial charge on any atom is -0.382 e. The number of nitrogens with zero attached hydrogens (tertiary/aromatic N) is 3. The average Bonchev–Trinajstić information content (AvgIpc) is 2.35. The normalized spacial score (nSPS) is 10.3. The number of nitrogens with two attached hydrogens (primary N) is 2. The highest BCUT2D eigenvalue weighted by atomic mass is 35.5. The molecule has 0 saturated carbocycles. The fourth-order valence-electron chi connectivity index (χ4n) is 1.57. The third-order valence-corrected chi connectivity index (χ3v) is 2.76. The van der Waals surface area contributed by atoms with Gasteiger partial charge in [-0.1, -0.05) is 11.6 Å². The molecule has 0 aliphatic rings. The van der Waals surface area contributed by atoms with Crippen molar-refractivity contribution >= 4 is 23.4 Å². The molecular weight excluding hydrogens is 295 g/mol. The van der Waals surface area contributed by atoms with E-state index in [-0.39, 0.29) is 11.4 Å². The van der Waals surface area contributed by atoms with Crippen molar-refractivity contribution in [3.8, 4) is 17.3 Å². The fraction of sp³-hybridized carbons (Fsp3) is 0. The molecule has 5 nitrogen and oxygen atoms in total. The van der Waals surface area contributed by atoms with Gasteiger partial charge in [-0.2, -0.15) is 10.2 Å². The molecule has 0 aliphatic carbocycles. The average molecular weight is 300 g/mol. The van der Waals surface area contributed by atoms with Gasteiger partial charge in [0, 0.05) is 6.07 Å². The SMILES string of the molecule is N#Cc1c(N)nc(N)nc1-c1c(F)cc(F)c(Cl)c1F. The van der Waals surface area contributed by atoms with Crippen molar-refractivity contribution < 1.29 is 13.2 Å². The molecule has 20 heavy (non-hydrogen) atoms. The van der Waals surface area contributed by atoms with Gasteiger partial charge in [-0.05, 0) is 0 Å². The minimum atomic E-state index is -1.40. The first kappa shape index (κ1) is 13.9. The van der Waals surface area contributed by atoms with Crippen LogP contribution in [-0.2, 0) is 0 Å². The highest BCUT2D eigenvalue weighted by Gasteiger charge is 2.24. The first-order chi connectivity index (χ1) is 9.36. The van der Waals surface area contributed by atoms with Crippen molar-refractivity contribution in [2.45, 2.75) is 0 Å². The molecule has 1 aromatic carbocycles. The second kappa shape index (κ2) is 4.86. The van der Waals surface area contributed by atoms with Crippen LogP contribution < -0.4 is 11.5 Å². The fourth-order valence-corrected chi connectivity index (χ4v) is 1.72. The van der Waals surface area contributed by atoms with Crippen molar-refractivity contribution in [1.82, 2.24) is 9.97 Å². The van der Waals surface area contributed by atoms with Crippen LogP contribution in [0.1, 0.15) is 5.56 Å². The zero-order chi connectivity index (χ0) is 15.0. The zero-order valence-corrected chi connectivity index (χ0v) is 10.3. The third-order valence-electron chi connectivity index (χ3n) is 2.42. The van der Waals surface area contributed by atoms with Gasteiger partial charge in [-0.25, -0.2) is 18.2 Å². The number of nitrogen functional groups attached to an aromatic ring is 2. The number of rotatable bonds is 1. The number of benzene rings is 1. The number of anilines is 2. The van der Waals surface area contributed by atoms with Crippen LogP contribution in [0.15, 0.2) is 6.07 Å². The molecule has 0 saturated heterocycles. The molecule has 1 heterocycles. The van der Waals surface area contributed by atoms with Gasteiger partial charge < -0.3 is 11.5 Å². The third kappa shape index (κ3) is 2.08. The van der Waals surface area contributed by atoms with Gasteiger partial charge >= 0.3 is 0 Å². The predicted molar refractivity (Wildman–Crippen MR) is 65.9 cm³/mol. The van der Waals surface area contributed by atoms with Crippen LogP contribution in [0.4, 0.5) is 24.9 Å². The molecule has 1 aromatic heterocycles. The number of halogens is 4. The van der Waals surface area contributed by atoms with E-state index in [2.05, 4.69) is 9.97 Å². The summed E-state index contributed by atoms with van der Waals surface area (Å²) < 4.78 is 40.8. The zero-order valence-electron chi connectivity index (χ0n) is 9.59. The van der Waals surface area contributed by atoms with E-state index < -0.39 is 39.7 Å². The van der Waals surface area contributed by atoms with Crippen LogP contribution in [0.3, 0.4) is 0 Å². The number of hydrogen-bond donors (Lipinski definition) is 2. The highest BCUT2D eigenvalue weighted by Crippen LogP contribution is 2.34. The van der Waals surface area contributed by atoms with Crippen molar-refractivity contribution in [2.75, 3.05) is 11.5 Å². The predicted octanol–water partition coefficient (Wildman–Crippen LogP) is 2.25. The Morgan fingerprint density at radius 2 is 1.80 bits per heavy atom. The van der Waals surface area contributed by atoms with Crippen molar-refractivity contribution in [2.24, 2.45) is 0 Å². The van der Waals surface area contributed by atoms with Gasteiger partial charge in [-0.3, -0.25) is 0 Å². The van der Waals surface area contributed by atoms with E-state index in [9.17, 15) is 13.2 Å². The minimum absolute atomic E-state index is 0.353. The van der Waals surface area contributed by atoms with Crippen molar-refractivity contribution in [3.63, 3.8) is 0 Å². The van der Waals surface area contributed by atoms with E-state index in [1.165, 1.54) is 0 Å². The Balaban J connectivity index is 2.89. The quantitative estimate of drug-likeness (QED) is 0.621. The number of aromatic nitrogens is 2. The van der Waals surface area contributed by atoms with Crippen LogP contribution in [0, 0.1) is 28.8 Å². The lowest BCUT2D eigenvalue weighted by molar-refractivity contribution is 0.548. The van der Waals surface area contributed by atoms with Gasteiger partial charge in [0.05, 0.1) is 5.56 Å². The molecule has 2 aromatic rings. The number of hydrogen-bond acceptors (Lipinski definition) is 5. The molecular formula is C11H5ClF3N5. The van der Waals surface area contributed by atoms with Gasteiger partial charge in [0.1, 0.15) is 39.8 Å². The molecule has 0 bridgehead atoms. The first-order valence-corrected chi connectivity index (χ1v) is 5.41. The Morgan fingerprint density at radius 1 is 1.15 bits per heavy atom. The Morgan fingerprint density at radius 3 is 2.40 bits per heavy atom. The molecule has 4 N–H and O–H groups in total. The monoisotopic (exact) mass is 299 g/mol. The largest absolute Gasteiger partial charge is 0.382 e. The maximum Gasteiger partial charge on any atom is 0.222 e. The topological polar surface area (TPSA) is 102 Å². The first-order valence-electron chi connectivity index (χ1n) is 5.03. The van der Waals surface area contributed by atoms with E-state index in [4.69, 9.17) is 28.3 Å². The van der Waals surface area contributed by atoms with Gasteiger partial charge in [0.2, 0.25) is 5.95 Å². The maximum atomic E-state index is 13.9. The highest BCUT2D eigenvalue weighted by molar-refractivity contribution is 6.31. The lowest BCUT2D eigenvalue weighted by Gasteiger charge is -2.10. The second-order valence-electron chi connectivity index (χ2n) is 3.65. The molecule has 0 amide bonds. The lowest BCUT2D eigenvalue weighted by atomic mass is 10.1. The van der Waals surface area contributed by atoms with Crippen molar-refractivity contribution in [1.29, 1.82) is 5.26 Å². The Hall–Kier alpha value is -2.53. The summed E-state index contributed by atoms with van der Waals surface area (Å²) in [6, 6.07) is 1.97. The Kier molecular flexibility index (Phi) is 3.38. The maximum absolute atomic E-state index is 13.9. The molecule has 0 radical (unpaired) electrons. The summed E-state index contributed by atoms with van der Waals surface area (Å²) in [4.78, 5) is 7.07. The molecule has 0 spiro atoms. The van der Waals surface area contributed by atoms with E-state index in [1.807, 2.05) is 0 Å². The van der Waals surface area contributed by atoms with E-state index in [1.54, 1.807) is 6.07 Å².